The summed E-state index contributed by atoms with van der Waals surface area (Å²) in [5.41, 5.74) is 1.94. The molecule has 0 heterocycles. The van der Waals surface area contributed by atoms with Crippen molar-refractivity contribution in [3.05, 3.63) is 96.9 Å². The molecule has 0 aliphatic carbocycles. The summed E-state index contributed by atoms with van der Waals surface area (Å²) in [6.07, 6.45) is 1.60. The van der Waals surface area contributed by atoms with Crippen LogP contribution in [0.5, 0.6) is 0 Å². The molecule has 0 amide bonds. The second-order valence-electron chi connectivity index (χ2n) is 3.60. The number of rotatable bonds is 3. The Morgan fingerprint density at radius 3 is 1.61 bits per heavy atom. The molecule has 0 bridgehead atoms. The van der Waals surface area contributed by atoms with Gasteiger partial charge in [0.1, 0.15) is 0 Å². The van der Waals surface area contributed by atoms with Crippen molar-refractivity contribution in [2.45, 2.75) is 6.54 Å². The first-order valence-corrected chi connectivity index (χ1v) is 5.83. The van der Waals surface area contributed by atoms with E-state index in [9.17, 15) is 5.21 Å². The van der Waals surface area contributed by atoms with Gasteiger partial charge in [0.2, 0.25) is 0 Å². The monoisotopic (exact) mass is 347 g/mol. The van der Waals surface area contributed by atoms with Gasteiger partial charge in [-0.2, -0.15) is 0 Å². The van der Waals surface area contributed by atoms with E-state index < -0.39 is 0 Å². The largest absolute Gasteiger partial charge is 0.624 e. The minimum Gasteiger partial charge on any atom is -0.624 e. The summed E-state index contributed by atoms with van der Waals surface area (Å²) >= 11 is 0. The predicted octanol–water partition coefficient (Wildman–Crippen LogP) is 2.70. The number of nitrogens with zero attached hydrogens (tertiary/aromatic N) is 1. The molecule has 0 fully saturated rings. The number of hydrogen-bond donors (Lipinski definition) is 0. The molecule has 0 aromatic heterocycles. The van der Waals surface area contributed by atoms with Crippen LogP contribution in [0.3, 0.4) is 0 Å². The SMILES string of the molecule is [C-]#[O+].[C-]#[O+].[C-]#[O+].[Cr].[O-]/[N+](=C\c1ccccc1)Cc1ccccc1. The van der Waals surface area contributed by atoms with Gasteiger partial charge in [0.25, 0.3) is 0 Å². The van der Waals surface area contributed by atoms with Crippen LogP contribution in [0.2, 0.25) is 0 Å². The van der Waals surface area contributed by atoms with Crippen LogP contribution in [0.25, 0.3) is 0 Å². The van der Waals surface area contributed by atoms with Gasteiger partial charge >= 0.3 is 33.9 Å². The molecule has 0 unspecified atom stereocenters. The number of hydrogen-bond acceptors (Lipinski definition) is 1. The van der Waals surface area contributed by atoms with Crippen LogP contribution in [-0.4, -0.2) is 11.0 Å². The summed E-state index contributed by atoms with van der Waals surface area (Å²) in [4.78, 5) is 0. The van der Waals surface area contributed by atoms with Gasteiger partial charge in [-0.15, -0.1) is 0 Å². The van der Waals surface area contributed by atoms with Crippen LogP contribution in [0.1, 0.15) is 11.1 Å². The summed E-state index contributed by atoms with van der Waals surface area (Å²) in [6, 6.07) is 19.3. The molecule has 5 nitrogen and oxygen atoms in total. The van der Waals surface area contributed by atoms with Crippen molar-refractivity contribution in [2.24, 2.45) is 0 Å². The summed E-state index contributed by atoms with van der Waals surface area (Å²) in [6.45, 7) is 13.9. The summed E-state index contributed by atoms with van der Waals surface area (Å²) < 4.78 is 23.4. The van der Waals surface area contributed by atoms with E-state index in [1.807, 2.05) is 60.7 Å². The average molecular weight is 347 g/mol. The average Bonchev–Trinajstić information content (AvgIpc) is 2.62. The Morgan fingerprint density at radius 2 is 1.17 bits per heavy atom. The maximum Gasteiger partial charge on any atom is 0.182 e. The molecule has 0 saturated carbocycles. The standard InChI is InChI=1S/C14H13NO.3CO.Cr/c16-15(11-13-7-3-1-4-8-13)12-14-9-5-2-6-10-14;3*1-2;/h1-11H,12H2;;;;/b15-11-;;;;. The zero-order chi connectivity index (χ0) is 17.2. The van der Waals surface area contributed by atoms with E-state index in [1.165, 1.54) is 0 Å². The summed E-state index contributed by atoms with van der Waals surface area (Å²) in [5, 5.41) is 11.6. The van der Waals surface area contributed by atoms with Crippen molar-refractivity contribution < 1.29 is 36.1 Å². The van der Waals surface area contributed by atoms with E-state index >= 15 is 0 Å². The van der Waals surface area contributed by atoms with Crippen molar-refractivity contribution in [3.63, 3.8) is 0 Å². The van der Waals surface area contributed by atoms with Crippen LogP contribution in [-0.2, 0) is 37.9 Å². The molecule has 0 aliphatic rings. The van der Waals surface area contributed by atoms with Crippen molar-refractivity contribution in [1.29, 1.82) is 0 Å². The third-order valence-corrected chi connectivity index (χ3v) is 2.27. The minimum atomic E-state index is 0. The fourth-order valence-electron chi connectivity index (χ4n) is 1.51. The molecule has 0 N–H and O–H groups in total. The van der Waals surface area contributed by atoms with Crippen molar-refractivity contribution >= 4 is 6.21 Å². The van der Waals surface area contributed by atoms with Gasteiger partial charge in [0.05, 0.1) is 0 Å². The Hall–Kier alpha value is -2.34. The molecule has 0 saturated heterocycles. The topological polar surface area (TPSA) is 85.8 Å². The van der Waals surface area contributed by atoms with Gasteiger partial charge < -0.3 is 5.21 Å². The molecule has 116 valence electrons. The Labute approximate surface area is 146 Å². The molecule has 0 radical (unpaired) electrons. The fourth-order valence-corrected chi connectivity index (χ4v) is 1.51. The molecular formula is C17H13CrNO4. The van der Waals surface area contributed by atoms with Crippen LogP contribution < -0.4 is 0 Å². The van der Waals surface area contributed by atoms with Gasteiger partial charge in [-0.05, 0) is 12.1 Å². The summed E-state index contributed by atoms with van der Waals surface area (Å²) in [7, 11) is 0. The van der Waals surface area contributed by atoms with Gasteiger partial charge in [0, 0.05) is 28.5 Å². The van der Waals surface area contributed by atoms with Crippen LogP contribution >= 0.6 is 0 Å². The first kappa shape index (κ1) is 25.6. The maximum absolute atomic E-state index is 11.6. The van der Waals surface area contributed by atoms with Crippen LogP contribution in [0, 0.1) is 25.2 Å². The molecule has 23 heavy (non-hydrogen) atoms. The second-order valence-corrected chi connectivity index (χ2v) is 3.60. The Kier molecular flexibility index (Phi) is 21.9. The van der Waals surface area contributed by atoms with E-state index in [2.05, 4.69) is 20.0 Å². The van der Waals surface area contributed by atoms with E-state index in [1.54, 1.807) is 6.21 Å². The smallest absolute Gasteiger partial charge is 0.182 e. The molecule has 2 aromatic carbocycles. The predicted molar refractivity (Wildman–Crippen MR) is 77.2 cm³/mol. The van der Waals surface area contributed by atoms with E-state index in [0.717, 1.165) is 15.9 Å². The zero-order valence-electron chi connectivity index (χ0n) is 12.0. The van der Waals surface area contributed by atoms with Crippen molar-refractivity contribution in [1.82, 2.24) is 0 Å². The molecule has 6 heteroatoms. The Balaban J connectivity index is -0.000000514. The third-order valence-electron chi connectivity index (χ3n) is 2.27. The molecule has 2 rings (SSSR count). The normalized spacial score (nSPS) is 8.17. The zero-order valence-corrected chi connectivity index (χ0v) is 13.3. The third kappa shape index (κ3) is 13.1. The van der Waals surface area contributed by atoms with Gasteiger partial charge in [-0.3, -0.25) is 0 Å². The maximum atomic E-state index is 11.6. The molecule has 0 spiro atoms. The van der Waals surface area contributed by atoms with Gasteiger partial charge in [-0.25, -0.2) is 4.74 Å². The molecule has 0 atom stereocenters. The van der Waals surface area contributed by atoms with Gasteiger partial charge in [-0.1, -0.05) is 48.5 Å². The molecular weight excluding hydrogens is 334 g/mol. The van der Waals surface area contributed by atoms with Crippen molar-refractivity contribution in [2.75, 3.05) is 0 Å². The first-order chi connectivity index (χ1) is 10.8. The van der Waals surface area contributed by atoms with E-state index in [-0.39, 0.29) is 17.4 Å². The Morgan fingerprint density at radius 1 is 0.783 bits per heavy atom. The Bertz CT molecular complexity index is 578. The second kappa shape index (κ2) is 19.7. The van der Waals surface area contributed by atoms with Crippen LogP contribution in [0.15, 0.2) is 60.7 Å². The fraction of sp³-hybridized carbons (Fsp3) is 0.0588. The molecule has 2 aromatic rings. The number of benzene rings is 2. The van der Waals surface area contributed by atoms with Crippen molar-refractivity contribution in [3.8, 4) is 0 Å². The van der Waals surface area contributed by atoms with E-state index in [0.29, 0.717) is 6.54 Å². The minimum absolute atomic E-state index is 0. The number of hydroxylamine groups is 1. The van der Waals surface area contributed by atoms with Gasteiger partial charge in [0.15, 0.2) is 12.8 Å². The summed E-state index contributed by atoms with van der Waals surface area (Å²) in [5.74, 6) is 0. The van der Waals surface area contributed by atoms with E-state index in [4.69, 9.17) is 14.0 Å². The van der Waals surface area contributed by atoms with Crippen LogP contribution in [0.4, 0.5) is 0 Å². The first-order valence-electron chi connectivity index (χ1n) is 5.83. The quantitative estimate of drug-likeness (QED) is 0.210. The molecule has 0 aliphatic heterocycles.